The molecule has 0 unspecified atom stereocenters. The monoisotopic (exact) mass is 235 g/mol. The first-order chi connectivity index (χ1) is 8.08. The third-order valence-electron chi connectivity index (χ3n) is 2.84. The first kappa shape index (κ1) is 11.5. The number of nitro groups is 1. The molecule has 2 rings (SSSR count). The topological polar surface area (TPSA) is 75.5 Å². The van der Waals surface area contributed by atoms with Gasteiger partial charge in [0.15, 0.2) is 0 Å². The number of carbonyl (C=O) groups is 1. The molecule has 0 radical (unpaired) electrons. The van der Waals surface area contributed by atoms with Crippen LogP contribution in [0.25, 0.3) is 0 Å². The second kappa shape index (κ2) is 4.50. The van der Waals surface area contributed by atoms with Crippen LogP contribution in [0.4, 0.5) is 5.69 Å². The lowest BCUT2D eigenvalue weighted by Crippen LogP contribution is -2.30. The molecule has 1 aromatic rings. The van der Waals surface area contributed by atoms with Gasteiger partial charge in [-0.15, -0.1) is 0 Å². The number of hydrogen-bond donors (Lipinski definition) is 1. The van der Waals surface area contributed by atoms with E-state index in [-0.39, 0.29) is 17.6 Å². The maximum absolute atomic E-state index is 11.6. The molecule has 0 saturated carbocycles. The normalized spacial score (nSPS) is 19.7. The summed E-state index contributed by atoms with van der Waals surface area (Å²) in [6.45, 7) is 0.552. The Hall–Kier alpha value is -1.95. The molecule has 0 spiro atoms. The number of nitrogens with one attached hydrogen (secondary N) is 1. The molecule has 17 heavy (non-hydrogen) atoms. The molecule has 1 aliphatic heterocycles. The highest BCUT2D eigenvalue weighted by Crippen LogP contribution is 2.14. The summed E-state index contributed by atoms with van der Waals surface area (Å²) in [6.07, 6.45) is 0.557. The van der Waals surface area contributed by atoms with Gasteiger partial charge in [0.05, 0.1) is 17.6 Å². The molecule has 1 amide bonds. The predicted molar refractivity (Wildman–Crippen MR) is 61.4 cm³/mol. The van der Waals surface area contributed by atoms with Crippen molar-refractivity contribution in [3.63, 3.8) is 0 Å². The average Bonchev–Trinajstić information content (AvgIpc) is 2.62. The van der Waals surface area contributed by atoms with Gasteiger partial charge in [-0.05, 0) is 12.0 Å². The van der Waals surface area contributed by atoms with E-state index in [4.69, 9.17) is 0 Å². The van der Waals surface area contributed by atoms with Gasteiger partial charge in [-0.25, -0.2) is 0 Å². The number of amides is 1. The van der Waals surface area contributed by atoms with Crippen LogP contribution < -0.4 is 5.32 Å². The van der Waals surface area contributed by atoms with Crippen LogP contribution in [0.1, 0.15) is 5.56 Å². The fourth-order valence-corrected chi connectivity index (χ4v) is 1.83. The van der Waals surface area contributed by atoms with Crippen molar-refractivity contribution in [2.75, 3.05) is 13.7 Å². The lowest BCUT2D eigenvalue weighted by Gasteiger charge is -2.08. The van der Waals surface area contributed by atoms with E-state index in [1.165, 1.54) is 12.1 Å². The summed E-state index contributed by atoms with van der Waals surface area (Å²) in [6, 6.07) is 6.06. The highest BCUT2D eigenvalue weighted by atomic mass is 16.6. The number of rotatable bonds is 3. The van der Waals surface area contributed by atoms with Gasteiger partial charge < -0.3 is 4.90 Å². The molecule has 0 aliphatic carbocycles. The Morgan fingerprint density at radius 1 is 1.47 bits per heavy atom. The Kier molecular flexibility index (Phi) is 3.06. The Labute approximate surface area is 98.4 Å². The van der Waals surface area contributed by atoms with Crippen molar-refractivity contribution in [1.29, 1.82) is 0 Å². The molecule has 1 saturated heterocycles. The summed E-state index contributed by atoms with van der Waals surface area (Å²) in [5.41, 5.74) is 0.980. The van der Waals surface area contributed by atoms with Gasteiger partial charge in [0, 0.05) is 19.2 Å². The van der Waals surface area contributed by atoms with Gasteiger partial charge in [-0.1, -0.05) is 12.1 Å². The molecule has 0 bridgehead atoms. The van der Waals surface area contributed by atoms with Gasteiger partial charge in [0.1, 0.15) is 0 Å². The standard InChI is InChI=1S/C11H13N3O3/c1-13-7-12-10(11(13)15)6-8-2-4-9(5-3-8)14(16)17/h2-5,10,12H,6-7H2,1H3/t10-/m0/s1. The van der Waals surface area contributed by atoms with Crippen molar-refractivity contribution >= 4 is 11.6 Å². The van der Waals surface area contributed by atoms with Crippen LogP contribution in [0.5, 0.6) is 0 Å². The Morgan fingerprint density at radius 2 is 2.12 bits per heavy atom. The van der Waals surface area contributed by atoms with Crippen LogP contribution in [0.15, 0.2) is 24.3 Å². The lowest BCUT2D eigenvalue weighted by atomic mass is 10.1. The minimum atomic E-state index is -0.434. The maximum atomic E-state index is 11.6. The molecular weight excluding hydrogens is 222 g/mol. The predicted octanol–water partition coefficient (Wildman–Crippen LogP) is 0.525. The minimum absolute atomic E-state index is 0.0587. The summed E-state index contributed by atoms with van der Waals surface area (Å²) in [4.78, 5) is 23.3. The average molecular weight is 235 g/mol. The number of nitrogens with zero attached hydrogens (tertiary/aromatic N) is 2. The van der Waals surface area contributed by atoms with E-state index in [1.54, 1.807) is 24.1 Å². The minimum Gasteiger partial charge on any atom is -0.332 e. The van der Waals surface area contributed by atoms with Crippen LogP contribution in [0.2, 0.25) is 0 Å². The van der Waals surface area contributed by atoms with Crippen LogP contribution in [-0.2, 0) is 11.2 Å². The Morgan fingerprint density at radius 3 is 2.59 bits per heavy atom. The van der Waals surface area contributed by atoms with Gasteiger partial charge in [-0.2, -0.15) is 0 Å². The molecule has 6 heteroatoms. The van der Waals surface area contributed by atoms with E-state index in [0.717, 1.165) is 5.56 Å². The van der Waals surface area contributed by atoms with Crippen LogP contribution >= 0.6 is 0 Å². The zero-order chi connectivity index (χ0) is 12.4. The highest BCUT2D eigenvalue weighted by molar-refractivity contribution is 5.83. The first-order valence-electron chi connectivity index (χ1n) is 5.29. The van der Waals surface area contributed by atoms with Crippen molar-refractivity contribution in [2.45, 2.75) is 12.5 Å². The summed E-state index contributed by atoms with van der Waals surface area (Å²) in [7, 11) is 1.74. The van der Waals surface area contributed by atoms with Gasteiger partial charge in [-0.3, -0.25) is 20.2 Å². The van der Waals surface area contributed by atoms with Crippen molar-refractivity contribution in [3.05, 3.63) is 39.9 Å². The van der Waals surface area contributed by atoms with E-state index in [9.17, 15) is 14.9 Å². The molecule has 0 aromatic heterocycles. The number of nitro benzene ring substituents is 1. The molecular formula is C11H13N3O3. The number of non-ortho nitro benzene ring substituents is 1. The third-order valence-corrected chi connectivity index (χ3v) is 2.84. The third kappa shape index (κ3) is 2.42. The Bertz CT molecular complexity index is 444. The van der Waals surface area contributed by atoms with E-state index < -0.39 is 4.92 Å². The lowest BCUT2D eigenvalue weighted by molar-refractivity contribution is -0.384. The molecule has 1 aliphatic rings. The molecule has 1 fully saturated rings. The van der Waals surface area contributed by atoms with Crippen molar-refractivity contribution in [3.8, 4) is 0 Å². The van der Waals surface area contributed by atoms with Crippen LogP contribution in [0, 0.1) is 10.1 Å². The molecule has 90 valence electrons. The second-order valence-electron chi connectivity index (χ2n) is 4.08. The highest BCUT2D eigenvalue weighted by Gasteiger charge is 2.28. The fraction of sp³-hybridized carbons (Fsp3) is 0.364. The first-order valence-corrected chi connectivity index (χ1v) is 5.29. The zero-order valence-corrected chi connectivity index (χ0v) is 9.42. The van der Waals surface area contributed by atoms with Crippen molar-refractivity contribution in [2.24, 2.45) is 0 Å². The van der Waals surface area contributed by atoms with E-state index in [1.807, 2.05) is 0 Å². The molecule has 1 atom stereocenters. The fourth-order valence-electron chi connectivity index (χ4n) is 1.83. The van der Waals surface area contributed by atoms with E-state index >= 15 is 0 Å². The largest absolute Gasteiger partial charge is 0.332 e. The summed E-state index contributed by atoms with van der Waals surface area (Å²) < 4.78 is 0. The van der Waals surface area contributed by atoms with Gasteiger partial charge in [0.2, 0.25) is 5.91 Å². The van der Waals surface area contributed by atoms with Crippen LogP contribution in [-0.4, -0.2) is 35.5 Å². The molecule has 1 heterocycles. The van der Waals surface area contributed by atoms with Crippen LogP contribution in [0.3, 0.4) is 0 Å². The zero-order valence-electron chi connectivity index (χ0n) is 9.42. The summed E-state index contributed by atoms with van der Waals surface area (Å²) in [5, 5.41) is 13.6. The second-order valence-corrected chi connectivity index (χ2v) is 4.08. The number of hydrogen-bond acceptors (Lipinski definition) is 4. The van der Waals surface area contributed by atoms with Gasteiger partial charge >= 0.3 is 0 Å². The van der Waals surface area contributed by atoms with Crippen molar-refractivity contribution < 1.29 is 9.72 Å². The maximum Gasteiger partial charge on any atom is 0.269 e. The molecule has 6 nitrogen and oxygen atoms in total. The molecule has 1 aromatic carbocycles. The smallest absolute Gasteiger partial charge is 0.269 e. The Balaban J connectivity index is 2.04. The SMILES string of the molecule is CN1CN[C@@H](Cc2ccc([N+](=O)[O-])cc2)C1=O. The number of carbonyl (C=O) groups excluding carboxylic acids is 1. The summed E-state index contributed by atoms with van der Waals surface area (Å²) >= 11 is 0. The van der Waals surface area contributed by atoms with E-state index in [0.29, 0.717) is 13.1 Å². The van der Waals surface area contributed by atoms with Gasteiger partial charge in [0.25, 0.3) is 5.69 Å². The van der Waals surface area contributed by atoms with E-state index in [2.05, 4.69) is 5.32 Å². The van der Waals surface area contributed by atoms with Crippen molar-refractivity contribution in [1.82, 2.24) is 10.2 Å². The number of likely N-dealkylation sites (N-methyl/N-ethyl adjacent to an activating group) is 1. The quantitative estimate of drug-likeness (QED) is 0.612. The summed E-state index contributed by atoms with van der Waals surface area (Å²) in [5.74, 6) is 0.0587. The molecule has 1 N–H and O–H groups in total. The number of benzene rings is 1.